The minimum absolute atomic E-state index is 0.0924. The molecule has 0 aromatic carbocycles. The minimum Gasteiger partial charge on any atom is -0.463 e. The molecule has 0 amide bonds. The SMILES string of the molecule is CCOC(O)COCCOC(C)=O. The summed E-state index contributed by atoms with van der Waals surface area (Å²) in [4.78, 5) is 10.3. The first kappa shape index (κ1) is 12.3. The van der Waals surface area contributed by atoms with E-state index in [0.29, 0.717) is 6.61 Å². The predicted octanol–water partition coefficient (Wildman–Crippen LogP) is -0.0790. The number of carbonyl (C=O) groups excluding carboxylic acids is 1. The van der Waals surface area contributed by atoms with Gasteiger partial charge < -0.3 is 19.3 Å². The summed E-state index contributed by atoms with van der Waals surface area (Å²) in [5, 5.41) is 9.00. The largest absolute Gasteiger partial charge is 0.463 e. The van der Waals surface area contributed by atoms with Gasteiger partial charge in [-0.1, -0.05) is 0 Å². The molecule has 0 aromatic heterocycles. The Morgan fingerprint density at radius 2 is 2.15 bits per heavy atom. The Kier molecular flexibility index (Phi) is 7.57. The van der Waals surface area contributed by atoms with E-state index in [1.54, 1.807) is 6.92 Å². The summed E-state index contributed by atoms with van der Waals surface area (Å²) in [5.74, 6) is -0.339. The van der Waals surface area contributed by atoms with Gasteiger partial charge in [-0.3, -0.25) is 4.79 Å². The molecular weight excluding hydrogens is 176 g/mol. The summed E-state index contributed by atoms with van der Waals surface area (Å²) in [6, 6.07) is 0. The fourth-order valence-corrected chi connectivity index (χ4v) is 0.669. The van der Waals surface area contributed by atoms with Crippen LogP contribution < -0.4 is 0 Å². The van der Waals surface area contributed by atoms with Crippen molar-refractivity contribution in [3.8, 4) is 0 Å². The van der Waals surface area contributed by atoms with Gasteiger partial charge in [0.15, 0.2) is 6.29 Å². The van der Waals surface area contributed by atoms with Gasteiger partial charge in [0.1, 0.15) is 6.61 Å². The van der Waals surface area contributed by atoms with Crippen LogP contribution in [0.4, 0.5) is 0 Å². The van der Waals surface area contributed by atoms with E-state index < -0.39 is 6.29 Å². The number of hydrogen-bond donors (Lipinski definition) is 1. The first-order valence-electron chi connectivity index (χ1n) is 4.17. The van der Waals surface area contributed by atoms with E-state index in [1.165, 1.54) is 6.92 Å². The summed E-state index contributed by atoms with van der Waals surface area (Å²) in [7, 11) is 0. The number of aliphatic hydroxyl groups is 1. The maximum Gasteiger partial charge on any atom is 0.302 e. The molecule has 0 aromatic rings. The van der Waals surface area contributed by atoms with Gasteiger partial charge in [-0.2, -0.15) is 0 Å². The molecule has 1 atom stereocenters. The lowest BCUT2D eigenvalue weighted by Crippen LogP contribution is -2.20. The lowest BCUT2D eigenvalue weighted by atomic mass is 10.6. The second-order valence-corrected chi connectivity index (χ2v) is 2.32. The molecule has 0 fully saturated rings. The molecule has 0 radical (unpaired) electrons. The Hall–Kier alpha value is -0.650. The number of hydrogen-bond acceptors (Lipinski definition) is 5. The van der Waals surface area contributed by atoms with E-state index in [9.17, 15) is 4.79 Å². The third kappa shape index (κ3) is 9.26. The second-order valence-electron chi connectivity index (χ2n) is 2.32. The van der Waals surface area contributed by atoms with Gasteiger partial charge in [0.2, 0.25) is 0 Å². The highest BCUT2D eigenvalue weighted by Crippen LogP contribution is 1.88. The molecule has 1 unspecified atom stereocenters. The van der Waals surface area contributed by atoms with Crippen molar-refractivity contribution in [3.05, 3.63) is 0 Å². The van der Waals surface area contributed by atoms with Crippen molar-refractivity contribution in [2.75, 3.05) is 26.4 Å². The standard InChI is InChI=1S/C8H16O5/c1-3-12-8(10)6-11-4-5-13-7(2)9/h8,10H,3-6H2,1-2H3. The maximum atomic E-state index is 10.3. The van der Waals surface area contributed by atoms with Crippen LogP contribution in [0.5, 0.6) is 0 Å². The normalized spacial score (nSPS) is 12.5. The molecule has 0 aliphatic rings. The average Bonchev–Trinajstić information content (AvgIpc) is 2.03. The highest BCUT2D eigenvalue weighted by molar-refractivity contribution is 5.65. The number of esters is 1. The Labute approximate surface area is 77.6 Å². The van der Waals surface area contributed by atoms with Crippen LogP contribution in [-0.4, -0.2) is 43.8 Å². The van der Waals surface area contributed by atoms with Gasteiger partial charge >= 0.3 is 5.97 Å². The van der Waals surface area contributed by atoms with Gasteiger partial charge in [-0.25, -0.2) is 0 Å². The summed E-state index contributed by atoms with van der Waals surface area (Å²) in [6.45, 7) is 4.11. The number of aliphatic hydroxyl groups excluding tert-OH is 1. The van der Waals surface area contributed by atoms with Crippen LogP contribution in [0.3, 0.4) is 0 Å². The van der Waals surface area contributed by atoms with E-state index >= 15 is 0 Å². The predicted molar refractivity (Wildman–Crippen MR) is 45.1 cm³/mol. The lowest BCUT2D eigenvalue weighted by Gasteiger charge is -2.10. The zero-order valence-electron chi connectivity index (χ0n) is 7.99. The molecule has 13 heavy (non-hydrogen) atoms. The van der Waals surface area contributed by atoms with Crippen LogP contribution in [0.1, 0.15) is 13.8 Å². The second kappa shape index (κ2) is 7.97. The Morgan fingerprint density at radius 1 is 1.46 bits per heavy atom. The maximum absolute atomic E-state index is 10.3. The first-order chi connectivity index (χ1) is 6.16. The van der Waals surface area contributed by atoms with Crippen molar-refractivity contribution in [2.45, 2.75) is 20.1 Å². The zero-order valence-corrected chi connectivity index (χ0v) is 7.99. The zero-order chi connectivity index (χ0) is 10.1. The quantitative estimate of drug-likeness (QED) is 0.347. The first-order valence-corrected chi connectivity index (χ1v) is 4.17. The van der Waals surface area contributed by atoms with Gasteiger partial charge in [0.05, 0.1) is 13.2 Å². The van der Waals surface area contributed by atoms with E-state index in [0.717, 1.165) is 0 Å². The van der Waals surface area contributed by atoms with Crippen molar-refractivity contribution >= 4 is 5.97 Å². The van der Waals surface area contributed by atoms with E-state index in [2.05, 4.69) is 4.74 Å². The van der Waals surface area contributed by atoms with Crippen LogP contribution >= 0.6 is 0 Å². The van der Waals surface area contributed by atoms with Gasteiger partial charge in [0, 0.05) is 13.5 Å². The Bertz CT molecular complexity index is 136. The van der Waals surface area contributed by atoms with Crippen molar-refractivity contribution in [3.63, 3.8) is 0 Å². The fourth-order valence-electron chi connectivity index (χ4n) is 0.669. The highest BCUT2D eigenvalue weighted by Gasteiger charge is 2.01. The molecular formula is C8H16O5. The molecule has 5 heteroatoms. The smallest absolute Gasteiger partial charge is 0.302 e. The summed E-state index contributed by atoms with van der Waals surface area (Å²) in [5.41, 5.74) is 0. The third-order valence-corrected chi connectivity index (χ3v) is 1.15. The number of rotatable bonds is 7. The topological polar surface area (TPSA) is 65.0 Å². The molecule has 0 aliphatic heterocycles. The molecule has 0 saturated carbocycles. The van der Waals surface area contributed by atoms with E-state index in [4.69, 9.17) is 14.6 Å². The summed E-state index contributed by atoms with van der Waals surface area (Å²) < 4.78 is 14.3. The van der Waals surface area contributed by atoms with Crippen LogP contribution in [0.2, 0.25) is 0 Å². The molecule has 0 heterocycles. The van der Waals surface area contributed by atoms with Crippen LogP contribution in [-0.2, 0) is 19.0 Å². The molecule has 0 spiro atoms. The molecule has 0 bridgehead atoms. The monoisotopic (exact) mass is 192 g/mol. The van der Waals surface area contributed by atoms with E-state index in [1.807, 2.05) is 0 Å². The van der Waals surface area contributed by atoms with Crippen molar-refractivity contribution < 1.29 is 24.1 Å². The van der Waals surface area contributed by atoms with Crippen molar-refractivity contribution in [1.29, 1.82) is 0 Å². The van der Waals surface area contributed by atoms with Crippen LogP contribution in [0, 0.1) is 0 Å². The molecule has 0 saturated heterocycles. The van der Waals surface area contributed by atoms with Crippen molar-refractivity contribution in [1.82, 2.24) is 0 Å². The van der Waals surface area contributed by atoms with Gasteiger partial charge in [-0.15, -0.1) is 0 Å². The molecule has 5 nitrogen and oxygen atoms in total. The highest BCUT2D eigenvalue weighted by atomic mass is 16.6. The average molecular weight is 192 g/mol. The van der Waals surface area contributed by atoms with Crippen molar-refractivity contribution in [2.24, 2.45) is 0 Å². The Morgan fingerprint density at radius 3 is 2.69 bits per heavy atom. The number of carbonyl (C=O) groups is 1. The van der Waals surface area contributed by atoms with Crippen LogP contribution in [0.25, 0.3) is 0 Å². The molecule has 0 aliphatic carbocycles. The van der Waals surface area contributed by atoms with Gasteiger partial charge in [-0.05, 0) is 6.92 Å². The minimum atomic E-state index is -0.901. The summed E-state index contributed by atoms with van der Waals surface area (Å²) >= 11 is 0. The fraction of sp³-hybridized carbons (Fsp3) is 0.875. The van der Waals surface area contributed by atoms with Crippen LogP contribution in [0.15, 0.2) is 0 Å². The molecule has 1 N–H and O–H groups in total. The molecule has 0 rings (SSSR count). The summed E-state index contributed by atoms with van der Waals surface area (Å²) in [6.07, 6.45) is -0.901. The lowest BCUT2D eigenvalue weighted by molar-refractivity contribution is -0.148. The van der Waals surface area contributed by atoms with Gasteiger partial charge in [0.25, 0.3) is 0 Å². The third-order valence-electron chi connectivity index (χ3n) is 1.15. The molecule has 78 valence electrons. The Balaban J connectivity index is 3.11. The van der Waals surface area contributed by atoms with E-state index in [-0.39, 0.29) is 25.8 Å². The number of ether oxygens (including phenoxy) is 3.